The minimum atomic E-state index is -1.51. The molecule has 5 heteroatoms. The molecule has 2 N–H and O–H groups in total. The van der Waals surface area contributed by atoms with E-state index in [1.165, 1.54) is 0 Å². The number of benzene rings is 2. The van der Waals surface area contributed by atoms with E-state index in [-0.39, 0.29) is 12.2 Å². The molecule has 20 heavy (non-hydrogen) atoms. The van der Waals surface area contributed by atoms with E-state index in [4.69, 9.17) is 0 Å². The van der Waals surface area contributed by atoms with Crippen molar-refractivity contribution in [3.05, 3.63) is 65.0 Å². The SMILES string of the molecule is Cc1ccc(NC(CO)c2cc(F)c(F)c(F)c2)cc1. The number of halogens is 3. The molecule has 0 aliphatic rings. The maximum atomic E-state index is 13.2. The monoisotopic (exact) mass is 281 g/mol. The van der Waals surface area contributed by atoms with Crippen molar-refractivity contribution < 1.29 is 18.3 Å². The highest BCUT2D eigenvalue weighted by molar-refractivity contribution is 5.46. The molecule has 0 heterocycles. The Morgan fingerprint density at radius 1 is 1.05 bits per heavy atom. The molecule has 2 aromatic carbocycles. The summed E-state index contributed by atoms with van der Waals surface area (Å²) in [7, 11) is 0. The summed E-state index contributed by atoms with van der Waals surface area (Å²) < 4.78 is 39.3. The lowest BCUT2D eigenvalue weighted by Crippen LogP contribution is -2.15. The van der Waals surface area contributed by atoms with Gasteiger partial charge in [0.25, 0.3) is 0 Å². The molecule has 0 radical (unpaired) electrons. The second kappa shape index (κ2) is 5.96. The van der Waals surface area contributed by atoms with Gasteiger partial charge in [-0.05, 0) is 36.8 Å². The van der Waals surface area contributed by atoms with Crippen LogP contribution in [0.2, 0.25) is 0 Å². The zero-order chi connectivity index (χ0) is 14.7. The van der Waals surface area contributed by atoms with E-state index in [9.17, 15) is 18.3 Å². The standard InChI is InChI=1S/C15H14F3NO/c1-9-2-4-11(5-3-9)19-14(8-20)10-6-12(16)15(18)13(17)7-10/h2-7,14,19-20H,8H2,1H3. The maximum Gasteiger partial charge on any atom is 0.194 e. The third kappa shape index (κ3) is 3.11. The van der Waals surface area contributed by atoms with Crippen molar-refractivity contribution in [2.45, 2.75) is 13.0 Å². The molecule has 0 bridgehead atoms. The fourth-order valence-corrected chi connectivity index (χ4v) is 1.86. The number of aryl methyl sites for hydroxylation is 1. The van der Waals surface area contributed by atoms with Crippen LogP contribution in [0.5, 0.6) is 0 Å². The average molecular weight is 281 g/mol. The van der Waals surface area contributed by atoms with Gasteiger partial charge in [0.05, 0.1) is 12.6 Å². The first-order valence-electron chi connectivity index (χ1n) is 6.09. The molecule has 0 aliphatic carbocycles. The minimum absolute atomic E-state index is 0.143. The van der Waals surface area contributed by atoms with Gasteiger partial charge < -0.3 is 10.4 Å². The predicted octanol–water partition coefficient (Wildman–Crippen LogP) is 3.56. The number of hydrogen-bond acceptors (Lipinski definition) is 2. The van der Waals surface area contributed by atoms with Crippen LogP contribution in [-0.4, -0.2) is 11.7 Å². The van der Waals surface area contributed by atoms with Gasteiger partial charge in [-0.1, -0.05) is 17.7 Å². The summed E-state index contributed by atoms with van der Waals surface area (Å²) in [6, 6.07) is 8.33. The number of aliphatic hydroxyl groups excluding tert-OH is 1. The molecule has 2 rings (SSSR count). The van der Waals surface area contributed by atoms with Crippen LogP contribution in [0.3, 0.4) is 0 Å². The normalized spacial score (nSPS) is 12.2. The lowest BCUT2D eigenvalue weighted by Gasteiger charge is -2.18. The quantitative estimate of drug-likeness (QED) is 0.840. The van der Waals surface area contributed by atoms with Crippen molar-refractivity contribution in [1.29, 1.82) is 0 Å². The van der Waals surface area contributed by atoms with Crippen LogP contribution in [-0.2, 0) is 0 Å². The molecule has 0 aromatic heterocycles. The third-order valence-corrected chi connectivity index (χ3v) is 2.98. The molecule has 2 aromatic rings. The largest absolute Gasteiger partial charge is 0.394 e. The summed E-state index contributed by atoms with van der Waals surface area (Å²) in [5.74, 6) is -4.06. The second-order valence-electron chi connectivity index (χ2n) is 4.54. The molecular formula is C15H14F3NO. The van der Waals surface area contributed by atoms with Crippen molar-refractivity contribution in [3.8, 4) is 0 Å². The topological polar surface area (TPSA) is 32.3 Å². The second-order valence-corrected chi connectivity index (χ2v) is 4.54. The van der Waals surface area contributed by atoms with E-state index in [1.807, 2.05) is 19.1 Å². The first kappa shape index (κ1) is 14.4. The van der Waals surface area contributed by atoms with E-state index in [2.05, 4.69) is 5.32 Å². The van der Waals surface area contributed by atoms with E-state index in [1.54, 1.807) is 12.1 Å². The molecule has 2 nitrogen and oxygen atoms in total. The van der Waals surface area contributed by atoms with Crippen LogP contribution in [0, 0.1) is 24.4 Å². The van der Waals surface area contributed by atoms with E-state index in [0.29, 0.717) is 5.69 Å². The van der Waals surface area contributed by atoms with E-state index < -0.39 is 23.5 Å². The number of anilines is 1. The molecule has 0 amide bonds. The van der Waals surface area contributed by atoms with Gasteiger partial charge in [0.1, 0.15) is 0 Å². The van der Waals surface area contributed by atoms with Gasteiger partial charge in [-0.25, -0.2) is 13.2 Å². The summed E-state index contributed by atoms with van der Waals surface area (Å²) in [6.45, 7) is 1.55. The van der Waals surface area contributed by atoms with Crippen LogP contribution in [0.1, 0.15) is 17.2 Å². The molecule has 0 fully saturated rings. The van der Waals surface area contributed by atoms with E-state index >= 15 is 0 Å². The number of hydrogen-bond donors (Lipinski definition) is 2. The summed E-state index contributed by atoms with van der Waals surface area (Å²) in [5.41, 5.74) is 1.90. The third-order valence-electron chi connectivity index (χ3n) is 2.98. The number of nitrogens with one attached hydrogen (secondary N) is 1. The fraction of sp³-hybridized carbons (Fsp3) is 0.200. The van der Waals surface area contributed by atoms with Crippen molar-refractivity contribution in [2.75, 3.05) is 11.9 Å². The van der Waals surface area contributed by atoms with E-state index in [0.717, 1.165) is 17.7 Å². The Balaban J connectivity index is 2.26. The average Bonchev–Trinajstić information content (AvgIpc) is 2.43. The summed E-state index contributed by atoms with van der Waals surface area (Å²) in [6.07, 6.45) is 0. The van der Waals surface area contributed by atoms with Crippen molar-refractivity contribution >= 4 is 5.69 Å². The Hall–Kier alpha value is -2.01. The molecule has 106 valence electrons. The van der Waals surface area contributed by atoms with Gasteiger partial charge in [-0.2, -0.15) is 0 Å². The molecule has 0 spiro atoms. The smallest absolute Gasteiger partial charge is 0.194 e. The first-order chi connectivity index (χ1) is 9.51. The molecule has 1 atom stereocenters. The zero-order valence-electron chi connectivity index (χ0n) is 10.8. The molecular weight excluding hydrogens is 267 g/mol. The van der Waals surface area contributed by atoms with Crippen LogP contribution < -0.4 is 5.32 Å². The Labute approximate surface area is 114 Å². The Morgan fingerprint density at radius 2 is 1.60 bits per heavy atom. The Morgan fingerprint density at radius 3 is 2.10 bits per heavy atom. The Kier molecular flexibility index (Phi) is 4.29. The first-order valence-corrected chi connectivity index (χ1v) is 6.09. The van der Waals surface area contributed by atoms with Gasteiger partial charge in [-0.3, -0.25) is 0 Å². The van der Waals surface area contributed by atoms with Crippen LogP contribution >= 0.6 is 0 Å². The van der Waals surface area contributed by atoms with Crippen LogP contribution in [0.15, 0.2) is 36.4 Å². The lowest BCUT2D eigenvalue weighted by molar-refractivity contribution is 0.275. The molecule has 0 aliphatic heterocycles. The van der Waals surface area contributed by atoms with Gasteiger partial charge in [0.15, 0.2) is 17.5 Å². The minimum Gasteiger partial charge on any atom is -0.394 e. The molecule has 1 unspecified atom stereocenters. The fourth-order valence-electron chi connectivity index (χ4n) is 1.86. The van der Waals surface area contributed by atoms with Gasteiger partial charge in [-0.15, -0.1) is 0 Å². The van der Waals surface area contributed by atoms with Crippen LogP contribution in [0.4, 0.5) is 18.9 Å². The summed E-state index contributed by atoms with van der Waals surface area (Å²) in [5, 5.41) is 12.3. The highest BCUT2D eigenvalue weighted by Crippen LogP contribution is 2.23. The summed E-state index contributed by atoms with van der Waals surface area (Å²) in [4.78, 5) is 0. The Bertz CT molecular complexity index is 576. The lowest BCUT2D eigenvalue weighted by atomic mass is 10.1. The number of aliphatic hydroxyl groups is 1. The molecule has 0 saturated carbocycles. The number of rotatable bonds is 4. The summed E-state index contributed by atoms with van der Waals surface area (Å²) >= 11 is 0. The zero-order valence-corrected chi connectivity index (χ0v) is 10.8. The highest BCUT2D eigenvalue weighted by atomic mass is 19.2. The van der Waals surface area contributed by atoms with Gasteiger partial charge >= 0.3 is 0 Å². The van der Waals surface area contributed by atoms with Crippen LogP contribution in [0.25, 0.3) is 0 Å². The maximum absolute atomic E-state index is 13.2. The van der Waals surface area contributed by atoms with Crippen molar-refractivity contribution in [1.82, 2.24) is 0 Å². The van der Waals surface area contributed by atoms with Crippen molar-refractivity contribution in [2.24, 2.45) is 0 Å². The highest BCUT2D eigenvalue weighted by Gasteiger charge is 2.16. The van der Waals surface area contributed by atoms with Gasteiger partial charge in [0, 0.05) is 5.69 Å². The predicted molar refractivity (Wildman–Crippen MR) is 70.9 cm³/mol. The molecule has 0 saturated heterocycles. The van der Waals surface area contributed by atoms with Gasteiger partial charge in [0.2, 0.25) is 0 Å². The van der Waals surface area contributed by atoms with Crippen molar-refractivity contribution in [3.63, 3.8) is 0 Å².